The molecule has 0 aliphatic rings. The Kier molecular flexibility index (Phi) is 4.18. The van der Waals surface area contributed by atoms with E-state index in [1.807, 2.05) is 18.3 Å². The molecule has 0 atom stereocenters. The molecule has 1 heterocycles. The van der Waals surface area contributed by atoms with Crippen molar-refractivity contribution in [2.75, 3.05) is 0 Å². The predicted molar refractivity (Wildman–Crippen MR) is 72.9 cm³/mol. The van der Waals surface area contributed by atoms with Crippen molar-refractivity contribution in [1.29, 1.82) is 0 Å². The SMILES string of the molecule is Cc1cccc(CSc2ccc(CN)cn2)c1. The molecular formula is C14H16N2S. The van der Waals surface area contributed by atoms with Crippen molar-refractivity contribution in [2.45, 2.75) is 24.2 Å². The van der Waals surface area contributed by atoms with Crippen LogP contribution in [-0.4, -0.2) is 4.98 Å². The Hall–Kier alpha value is -1.32. The summed E-state index contributed by atoms with van der Waals surface area (Å²) in [5, 5.41) is 1.05. The van der Waals surface area contributed by atoms with Crippen molar-refractivity contribution in [1.82, 2.24) is 4.98 Å². The monoisotopic (exact) mass is 244 g/mol. The molecule has 0 amide bonds. The van der Waals surface area contributed by atoms with E-state index >= 15 is 0 Å². The van der Waals surface area contributed by atoms with Gasteiger partial charge in [0.2, 0.25) is 0 Å². The third-order valence-electron chi connectivity index (χ3n) is 2.50. The Labute approximate surface area is 106 Å². The van der Waals surface area contributed by atoms with Gasteiger partial charge in [-0.3, -0.25) is 0 Å². The molecule has 3 heteroatoms. The van der Waals surface area contributed by atoms with Crippen LogP contribution in [0.15, 0.2) is 47.6 Å². The van der Waals surface area contributed by atoms with E-state index < -0.39 is 0 Å². The minimum Gasteiger partial charge on any atom is -0.326 e. The van der Waals surface area contributed by atoms with Gasteiger partial charge in [-0.25, -0.2) is 4.98 Å². The molecule has 17 heavy (non-hydrogen) atoms. The van der Waals surface area contributed by atoms with Gasteiger partial charge in [0, 0.05) is 18.5 Å². The van der Waals surface area contributed by atoms with Gasteiger partial charge in [-0.2, -0.15) is 0 Å². The topological polar surface area (TPSA) is 38.9 Å². The van der Waals surface area contributed by atoms with Gasteiger partial charge in [0.05, 0.1) is 5.03 Å². The van der Waals surface area contributed by atoms with Crippen molar-refractivity contribution in [3.8, 4) is 0 Å². The highest BCUT2D eigenvalue weighted by molar-refractivity contribution is 7.98. The molecule has 0 fully saturated rings. The summed E-state index contributed by atoms with van der Waals surface area (Å²) >= 11 is 1.75. The minimum atomic E-state index is 0.551. The third-order valence-corrected chi connectivity index (χ3v) is 3.52. The molecule has 0 saturated carbocycles. The van der Waals surface area contributed by atoms with Gasteiger partial charge < -0.3 is 5.73 Å². The maximum absolute atomic E-state index is 5.53. The summed E-state index contributed by atoms with van der Waals surface area (Å²) in [6.45, 7) is 2.66. The van der Waals surface area contributed by atoms with E-state index in [4.69, 9.17) is 5.73 Å². The van der Waals surface area contributed by atoms with Crippen LogP contribution in [-0.2, 0) is 12.3 Å². The van der Waals surface area contributed by atoms with Gasteiger partial charge in [-0.15, -0.1) is 11.8 Å². The molecule has 2 N–H and O–H groups in total. The van der Waals surface area contributed by atoms with E-state index in [9.17, 15) is 0 Å². The lowest BCUT2D eigenvalue weighted by Crippen LogP contribution is -1.96. The lowest BCUT2D eigenvalue weighted by Gasteiger charge is -2.03. The number of rotatable bonds is 4. The molecule has 0 unspecified atom stereocenters. The molecule has 2 nitrogen and oxygen atoms in total. The fourth-order valence-corrected chi connectivity index (χ4v) is 2.36. The van der Waals surface area contributed by atoms with E-state index in [2.05, 4.69) is 36.2 Å². The second-order valence-electron chi connectivity index (χ2n) is 3.99. The van der Waals surface area contributed by atoms with E-state index in [1.165, 1.54) is 11.1 Å². The van der Waals surface area contributed by atoms with Crippen LogP contribution in [0.25, 0.3) is 0 Å². The van der Waals surface area contributed by atoms with Gasteiger partial charge in [-0.1, -0.05) is 35.9 Å². The normalized spacial score (nSPS) is 10.5. The first kappa shape index (κ1) is 12.1. The van der Waals surface area contributed by atoms with Gasteiger partial charge in [-0.05, 0) is 24.1 Å². The van der Waals surface area contributed by atoms with E-state index in [0.29, 0.717) is 6.54 Å². The van der Waals surface area contributed by atoms with Crippen LogP contribution in [0.2, 0.25) is 0 Å². The number of hydrogen-bond acceptors (Lipinski definition) is 3. The number of nitrogens with two attached hydrogens (primary N) is 1. The van der Waals surface area contributed by atoms with Crippen LogP contribution in [0.3, 0.4) is 0 Å². The lowest BCUT2D eigenvalue weighted by atomic mass is 10.2. The Morgan fingerprint density at radius 3 is 2.71 bits per heavy atom. The van der Waals surface area contributed by atoms with Crippen LogP contribution in [0.1, 0.15) is 16.7 Å². The Morgan fingerprint density at radius 2 is 2.06 bits per heavy atom. The van der Waals surface area contributed by atoms with Crippen LogP contribution in [0.5, 0.6) is 0 Å². The van der Waals surface area contributed by atoms with Crippen molar-refractivity contribution in [3.05, 3.63) is 59.3 Å². The molecule has 0 spiro atoms. The fourth-order valence-electron chi connectivity index (χ4n) is 1.58. The van der Waals surface area contributed by atoms with Gasteiger partial charge in [0.25, 0.3) is 0 Å². The molecule has 1 aromatic carbocycles. The zero-order valence-corrected chi connectivity index (χ0v) is 10.7. The number of aryl methyl sites for hydroxylation is 1. The largest absolute Gasteiger partial charge is 0.326 e. The van der Waals surface area contributed by atoms with Crippen LogP contribution >= 0.6 is 11.8 Å². The summed E-state index contributed by atoms with van der Waals surface area (Å²) in [5.41, 5.74) is 9.24. The summed E-state index contributed by atoms with van der Waals surface area (Å²) in [5.74, 6) is 0.955. The first-order chi connectivity index (χ1) is 8.28. The molecule has 0 radical (unpaired) electrons. The highest BCUT2D eigenvalue weighted by Gasteiger charge is 1.98. The molecule has 2 rings (SSSR count). The Bertz CT molecular complexity index is 480. The van der Waals surface area contributed by atoms with Crippen molar-refractivity contribution < 1.29 is 0 Å². The van der Waals surface area contributed by atoms with Gasteiger partial charge >= 0.3 is 0 Å². The van der Waals surface area contributed by atoms with Crippen LogP contribution in [0.4, 0.5) is 0 Å². The van der Waals surface area contributed by atoms with E-state index in [0.717, 1.165) is 16.3 Å². The molecule has 0 saturated heterocycles. The first-order valence-electron chi connectivity index (χ1n) is 5.61. The van der Waals surface area contributed by atoms with Crippen LogP contribution < -0.4 is 5.73 Å². The molecule has 2 aromatic rings. The second-order valence-corrected chi connectivity index (χ2v) is 4.98. The maximum atomic E-state index is 5.53. The highest BCUT2D eigenvalue weighted by atomic mass is 32.2. The van der Waals surface area contributed by atoms with Gasteiger partial charge in [0.15, 0.2) is 0 Å². The number of nitrogens with zero attached hydrogens (tertiary/aromatic N) is 1. The fraction of sp³-hybridized carbons (Fsp3) is 0.214. The number of aromatic nitrogens is 1. The number of pyridine rings is 1. The molecule has 0 aliphatic carbocycles. The average molecular weight is 244 g/mol. The second kappa shape index (κ2) is 5.84. The lowest BCUT2D eigenvalue weighted by molar-refractivity contribution is 1.01. The zero-order valence-electron chi connectivity index (χ0n) is 9.89. The maximum Gasteiger partial charge on any atom is 0.0963 e. The van der Waals surface area contributed by atoms with Gasteiger partial charge in [0.1, 0.15) is 0 Å². The minimum absolute atomic E-state index is 0.551. The summed E-state index contributed by atoms with van der Waals surface area (Å²) < 4.78 is 0. The van der Waals surface area contributed by atoms with Crippen LogP contribution in [0, 0.1) is 6.92 Å². The van der Waals surface area contributed by atoms with E-state index in [1.54, 1.807) is 11.8 Å². The quantitative estimate of drug-likeness (QED) is 0.840. The summed E-state index contributed by atoms with van der Waals surface area (Å²) in [6, 6.07) is 12.6. The Balaban J connectivity index is 1.97. The average Bonchev–Trinajstić information content (AvgIpc) is 2.37. The first-order valence-corrected chi connectivity index (χ1v) is 6.60. The van der Waals surface area contributed by atoms with Crippen molar-refractivity contribution >= 4 is 11.8 Å². The van der Waals surface area contributed by atoms with Crippen molar-refractivity contribution in [2.24, 2.45) is 5.73 Å². The third kappa shape index (κ3) is 3.58. The molecule has 0 aliphatic heterocycles. The summed E-state index contributed by atoms with van der Waals surface area (Å²) in [7, 11) is 0. The number of benzene rings is 1. The number of hydrogen-bond donors (Lipinski definition) is 1. The predicted octanol–water partition coefficient (Wildman–Crippen LogP) is 3.14. The highest BCUT2D eigenvalue weighted by Crippen LogP contribution is 2.21. The molecular weight excluding hydrogens is 228 g/mol. The smallest absolute Gasteiger partial charge is 0.0963 e. The molecule has 1 aromatic heterocycles. The van der Waals surface area contributed by atoms with Crippen molar-refractivity contribution in [3.63, 3.8) is 0 Å². The van der Waals surface area contributed by atoms with E-state index in [-0.39, 0.29) is 0 Å². The summed E-state index contributed by atoms with van der Waals surface area (Å²) in [4.78, 5) is 4.37. The molecule has 0 bridgehead atoms. The summed E-state index contributed by atoms with van der Waals surface area (Å²) in [6.07, 6.45) is 1.85. The molecule has 88 valence electrons. The zero-order chi connectivity index (χ0) is 12.1. The number of thioether (sulfide) groups is 1. The standard InChI is InChI=1S/C14H16N2S/c1-11-3-2-4-12(7-11)10-17-14-6-5-13(8-15)9-16-14/h2-7,9H,8,10,15H2,1H3. The Morgan fingerprint density at radius 1 is 1.18 bits per heavy atom.